The molecular weight excluding hydrogens is 318 g/mol. The van der Waals surface area contributed by atoms with Gasteiger partial charge in [-0.3, -0.25) is 9.59 Å². The third-order valence-electron chi connectivity index (χ3n) is 6.04. The Morgan fingerprint density at radius 2 is 2.04 bits per heavy atom. The van der Waals surface area contributed by atoms with Crippen LogP contribution in [-0.2, 0) is 20.7 Å². The molecule has 5 nitrogen and oxygen atoms in total. The Hall–Kier alpha value is -1.72. The average molecular weight is 345 g/mol. The van der Waals surface area contributed by atoms with Crippen LogP contribution in [0.1, 0.15) is 37.3 Å². The largest absolute Gasteiger partial charge is 0.390 e. The number of hydrogen-bond donors (Lipinski definition) is 1. The monoisotopic (exact) mass is 345 g/mol. The standard InChI is InChI=1S/C20H27NO4/c1-13-5-7-15(8-6-13)9-11-20(14(2)22)10-4-12-21-16(18(20)23)17(25-3)19(21)24/h5-8,16-18,23H,4,9-12H2,1-3H3/t16-,17-,18+,20-/m1/s1. The first kappa shape index (κ1) is 18.1. The van der Waals surface area contributed by atoms with Crippen molar-refractivity contribution in [2.24, 2.45) is 5.41 Å². The van der Waals surface area contributed by atoms with E-state index in [1.54, 1.807) is 11.8 Å². The molecule has 3 rings (SSSR count). The molecule has 4 atom stereocenters. The Bertz CT molecular complexity index is 656. The molecule has 25 heavy (non-hydrogen) atoms. The number of Topliss-reactive ketones (excluding diaryl/α,β-unsaturated/α-hetero) is 1. The van der Waals surface area contributed by atoms with Crippen LogP contribution in [0.15, 0.2) is 24.3 Å². The van der Waals surface area contributed by atoms with Gasteiger partial charge in [0.2, 0.25) is 0 Å². The number of carbonyl (C=O) groups excluding carboxylic acids is 2. The van der Waals surface area contributed by atoms with E-state index in [1.807, 2.05) is 6.92 Å². The minimum Gasteiger partial charge on any atom is -0.390 e. The third-order valence-corrected chi connectivity index (χ3v) is 6.04. The van der Waals surface area contributed by atoms with Crippen LogP contribution in [0.3, 0.4) is 0 Å². The molecule has 0 aliphatic carbocycles. The molecule has 0 radical (unpaired) electrons. The van der Waals surface area contributed by atoms with Crippen molar-refractivity contribution in [1.29, 1.82) is 0 Å². The summed E-state index contributed by atoms with van der Waals surface area (Å²) in [7, 11) is 1.49. The molecule has 1 aromatic rings. The Morgan fingerprint density at radius 3 is 2.64 bits per heavy atom. The summed E-state index contributed by atoms with van der Waals surface area (Å²) in [5, 5.41) is 11.1. The lowest BCUT2D eigenvalue weighted by molar-refractivity contribution is -0.187. The van der Waals surface area contributed by atoms with Crippen molar-refractivity contribution in [3.8, 4) is 0 Å². The van der Waals surface area contributed by atoms with E-state index < -0.39 is 23.7 Å². The lowest BCUT2D eigenvalue weighted by atomic mass is 9.67. The fraction of sp³-hybridized carbons (Fsp3) is 0.600. The second kappa shape index (κ2) is 6.89. The van der Waals surface area contributed by atoms with Gasteiger partial charge in [-0.05, 0) is 45.1 Å². The van der Waals surface area contributed by atoms with Crippen LogP contribution >= 0.6 is 0 Å². The molecule has 0 bridgehead atoms. The normalized spacial score (nSPS) is 31.9. The number of benzene rings is 1. The van der Waals surface area contributed by atoms with E-state index in [1.165, 1.54) is 12.7 Å². The van der Waals surface area contributed by atoms with Gasteiger partial charge < -0.3 is 14.7 Å². The number of hydrogen-bond acceptors (Lipinski definition) is 4. The van der Waals surface area contributed by atoms with E-state index in [0.717, 1.165) is 18.4 Å². The number of aliphatic hydroxyl groups excluding tert-OH is 1. The molecule has 2 saturated heterocycles. The van der Waals surface area contributed by atoms with Crippen molar-refractivity contribution < 1.29 is 19.4 Å². The highest BCUT2D eigenvalue weighted by atomic mass is 16.5. The summed E-state index contributed by atoms with van der Waals surface area (Å²) in [6.07, 6.45) is 1.12. The molecule has 1 aromatic carbocycles. The number of nitrogens with zero attached hydrogens (tertiary/aromatic N) is 1. The summed E-state index contributed by atoms with van der Waals surface area (Å²) in [6, 6.07) is 7.85. The highest BCUT2D eigenvalue weighted by Gasteiger charge is 2.59. The number of amides is 1. The van der Waals surface area contributed by atoms with Crippen LogP contribution in [0.25, 0.3) is 0 Å². The van der Waals surface area contributed by atoms with Crippen LogP contribution in [-0.4, -0.2) is 53.6 Å². The van der Waals surface area contributed by atoms with Gasteiger partial charge in [-0.1, -0.05) is 29.8 Å². The maximum atomic E-state index is 12.6. The van der Waals surface area contributed by atoms with Gasteiger partial charge in [0.15, 0.2) is 6.10 Å². The van der Waals surface area contributed by atoms with E-state index in [0.29, 0.717) is 19.4 Å². The molecule has 1 amide bonds. The maximum Gasteiger partial charge on any atom is 0.254 e. The quantitative estimate of drug-likeness (QED) is 0.828. The van der Waals surface area contributed by atoms with Crippen molar-refractivity contribution in [2.45, 2.75) is 57.8 Å². The number of methoxy groups -OCH3 is 1. The fourth-order valence-electron chi connectivity index (χ4n) is 4.37. The predicted octanol–water partition coefficient (Wildman–Crippen LogP) is 1.88. The lowest BCUT2D eigenvalue weighted by Gasteiger charge is -2.50. The summed E-state index contributed by atoms with van der Waals surface area (Å²) in [5.74, 6) is -0.0763. The highest BCUT2D eigenvalue weighted by molar-refractivity contribution is 5.90. The molecular formula is C20H27NO4. The van der Waals surface area contributed by atoms with Gasteiger partial charge in [-0.25, -0.2) is 0 Å². The Morgan fingerprint density at radius 1 is 1.36 bits per heavy atom. The number of ether oxygens (including phenoxy) is 1. The van der Waals surface area contributed by atoms with Gasteiger partial charge in [0, 0.05) is 13.7 Å². The number of aliphatic hydroxyl groups is 1. The summed E-state index contributed by atoms with van der Waals surface area (Å²) in [5.41, 5.74) is 1.54. The lowest BCUT2D eigenvalue weighted by Crippen LogP contribution is -2.71. The van der Waals surface area contributed by atoms with Crippen LogP contribution in [0.5, 0.6) is 0 Å². The topological polar surface area (TPSA) is 66.8 Å². The summed E-state index contributed by atoms with van der Waals surface area (Å²) >= 11 is 0. The molecule has 136 valence electrons. The van der Waals surface area contributed by atoms with E-state index in [2.05, 4.69) is 24.3 Å². The van der Waals surface area contributed by atoms with Crippen molar-refractivity contribution in [1.82, 2.24) is 4.90 Å². The van der Waals surface area contributed by atoms with Gasteiger partial charge in [-0.15, -0.1) is 0 Å². The summed E-state index contributed by atoms with van der Waals surface area (Å²) in [6.45, 7) is 4.19. The smallest absolute Gasteiger partial charge is 0.254 e. The van der Waals surface area contributed by atoms with Crippen molar-refractivity contribution >= 4 is 11.7 Å². The highest BCUT2D eigenvalue weighted by Crippen LogP contribution is 2.44. The van der Waals surface area contributed by atoms with Gasteiger partial charge in [0.25, 0.3) is 5.91 Å². The molecule has 2 fully saturated rings. The first-order valence-corrected chi connectivity index (χ1v) is 8.98. The van der Waals surface area contributed by atoms with E-state index in [9.17, 15) is 14.7 Å². The molecule has 1 N–H and O–H groups in total. The first-order chi connectivity index (χ1) is 11.9. The molecule has 0 aromatic heterocycles. The Balaban J connectivity index is 1.84. The van der Waals surface area contributed by atoms with Gasteiger partial charge >= 0.3 is 0 Å². The molecule has 5 heteroatoms. The second-order valence-electron chi connectivity index (χ2n) is 7.42. The van der Waals surface area contributed by atoms with Crippen LogP contribution in [0.2, 0.25) is 0 Å². The average Bonchev–Trinajstić information content (AvgIpc) is 2.71. The zero-order valence-electron chi connectivity index (χ0n) is 15.2. The first-order valence-electron chi connectivity index (χ1n) is 8.98. The van der Waals surface area contributed by atoms with Crippen molar-refractivity contribution in [2.75, 3.05) is 13.7 Å². The third kappa shape index (κ3) is 3.00. The summed E-state index contributed by atoms with van der Waals surface area (Å²) < 4.78 is 5.28. The SMILES string of the molecule is CO[C@H]1C(=O)N2CCC[C@@](CCc3ccc(C)cc3)(C(C)=O)[C@@H](O)[C@@H]12. The molecule has 2 heterocycles. The number of carbonyl (C=O) groups is 2. The fourth-order valence-corrected chi connectivity index (χ4v) is 4.37. The van der Waals surface area contributed by atoms with E-state index >= 15 is 0 Å². The maximum absolute atomic E-state index is 12.6. The van der Waals surface area contributed by atoms with E-state index in [4.69, 9.17) is 4.74 Å². The van der Waals surface area contributed by atoms with E-state index in [-0.39, 0.29) is 11.7 Å². The number of ketones is 1. The minimum atomic E-state index is -0.888. The zero-order chi connectivity index (χ0) is 18.2. The number of β-lactam (4-membered cyclic amide) rings is 1. The number of aryl methyl sites for hydroxylation is 2. The van der Waals surface area contributed by atoms with Crippen molar-refractivity contribution in [3.05, 3.63) is 35.4 Å². The van der Waals surface area contributed by atoms with Crippen LogP contribution in [0.4, 0.5) is 0 Å². The van der Waals surface area contributed by atoms with Crippen LogP contribution < -0.4 is 0 Å². The molecule has 0 spiro atoms. The predicted molar refractivity (Wildman–Crippen MR) is 94.2 cm³/mol. The van der Waals surface area contributed by atoms with Gasteiger partial charge in [0.05, 0.1) is 17.6 Å². The molecule has 2 aliphatic heterocycles. The van der Waals surface area contributed by atoms with Crippen molar-refractivity contribution in [3.63, 3.8) is 0 Å². The molecule has 0 saturated carbocycles. The second-order valence-corrected chi connectivity index (χ2v) is 7.42. The Kier molecular flexibility index (Phi) is 4.98. The molecule has 0 unspecified atom stereocenters. The van der Waals surface area contributed by atoms with Gasteiger partial charge in [0.1, 0.15) is 5.78 Å². The Labute approximate surface area is 149 Å². The molecule has 2 aliphatic rings. The van der Waals surface area contributed by atoms with Gasteiger partial charge in [-0.2, -0.15) is 0 Å². The zero-order valence-corrected chi connectivity index (χ0v) is 15.2. The van der Waals surface area contributed by atoms with Crippen LogP contribution in [0, 0.1) is 12.3 Å². The summed E-state index contributed by atoms with van der Waals surface area (Å²) in [4.78, 5) is 26.4. The number of rotatable bonds is 5. The number of fused-ring (bicyclic) bond motifs is 1. The minimum absolute atomic E-state index is 0.00293.